The summed E-state index contributed by atoms with van der Waals surface area (Å²) >= 11 is 0. The molecule has 1 amide bonds. The summed E-state index contributed by atoms with van der Waals surface area (Å²) in [5, 5.41) is 11.6. The lowest BCUT2D eigenvalue weighted by atomic mass is 9.94. The van der Waals surface area contributed by atoms with E-state index < -0.39 is 17.7 Å². The minimum atomic E-state index is -0.834. The highest BCUT2D eigenvalue weighted by Gasteiger charge is 2.46. The molecule has 4 aromatic carbocycles. The first kappa shape index (κ1) is 29.5. The lowest BCUT2D eigenvalue weighted by Gasteiger charge is -2.26. The number of nitrogens with zero attached hydrogens (tertiary/aromatic N) is 1. The second-order valence-corrected chi connectivity index (χ2v) is 10.8. The van der Waals surface area contributed by atoms with Gasteiger partial charge in [-0.2, -0.15) is 0 Å². The Hall–Kier alpha value is -5.04. The Kier molecular flexibility index (Phi) is 8.81. The second-order valence-electron chi connectivity index (χ2n) is 10.8. The zero-order valence-electron chi connectivity index (χ0n) is 24.7. The highest BCUT2D eigenvalue weighted by Crippen LogP contribution is 2.41. The molecule has 5 rings (SSSR count). The Morgan fingerprint density at radius 3 is 2.30 bits per heavy atom. The lowest BCUT2D eigenvalue weighted by Crippen LogP contribution is -2.29. The number of hydrogen-bond acceptors (Lipinski definition) is 6. The van der Waals surface area contributed by atoms with Crippen LogP contribution in [0.5, 0.6) is 17.2 Å². The third-order valence-electron chi connectivity index (χ3n) is 7.26. The van der Waals surface area contributed by atoms with Gasteiger partial charge in [0.25, 0.3) is 11.7 Å². The fourth-order valence-electron chi connectivity index (χ4n) is 5.24. The number of carbonyl (C=O) groups is 2. The standard InChI is InChI=1S/C36H35NO6/c1-23(2)43-30-15-8-12-26(19-30)21-37-33(27-13-9-14-29(20-27)41-4)32(35(39)36(37)40)34(38)28-16-17-31(24(3)18-28)42-22-25-10-6-5-7-11-25/h5-20,23,33,38H,21-22H2,1-4H3/b34-32-. The van der Waals surface area contributed by atoms with E-state index in [1.165, 1.54) is 4.90 Å². The Morgan fingerprint density at radius 2 is 1.58 bits per heavy atom. The maximum absolute atomic E-state index is 13.6. The topological polar surface area (TPSA) is 85.3 Å². The van der Waals surface area contributed by atoms with Gasteiger partial charge in [-0.15, -0.1) is 0 Å². The quantitative estimate of drug-likeness (QED) is 0.124. The first-order valence-electron chi connectivity index (χ1n) is 14.2. The maximum Gasteiger partial charge on any atom is 0.295 e. The number of aliphatic hydroxyl groups is 1. The predicted molar refractivity (Wildman–Crippen MR) is 165 cm³/mol. The monoisotopic (exact) mass is 577 g/mol. The van der Waals surface area contributed by atoms with Crippen molar-refractivity contribution < 1.29 is 28.9 Å². The summed E-state index contributed by atoms with van der Waals surface area (Å²) in [6, 6.07) is 28.9. The highest BCUT2D eigenvalue weighted by molar-refractivity contribution is 6.46. The zero-order valence-corrected chi connectivity index (χ0v) is 24.7. The van der Waals surface area contributed by atoms with Gasteiger partial charge in [0.2, 0.25) is 0 Å². The summed E-state index contributed by atoms with van der Waals surface area (Å²) in [4.78, 5) is 28.6. The van der Waals surface area contributed by atoms with Crippen molar-refractivity contribution in [2.45, 2.75) is 46.1 Å². The van der Waals surface area contributed by atoms with E-state index in [0.29, 0.717) is 35.0 Å². The summed E-state index contributed by atoms with van der Waals surface area (Å²) < 4.78 is 17.3. The molecule has 1 aliphatic heterocycles. The molecule has 1 unspecified atom stereocenters. The number of hydrogen-bond donors (Lipinski definition) is 1. The number of aliphatic hydroxyl groups excluding tert-OH is 1. The van der Waals surface area contributed by atoms with E-state index in [2.05, 4.69) is 0 Å². The van der Waals surface area contributed by atoms with E-state index in [4.69, 9.17) is 14.2 Å². The predicted octanol–water partition coefficient (Wildman–Crippen LogP) is 6.99. The van der Waals surface area contributed by atoms with E-state index >= 15 is 0 Å². The largest absolute Gasteiger partial charge is 0.507 e. The van der Waals surface area contributed by atoms with Gasteiger partial charge in [0, 0.05) is 12.1 Å². The van der Waals surface area contributed by atoms with E-state index in [1.54, 1.807) is 43.5 Å². The number of aryl methyl sites for hydroxylation is 1. The van der Waals surface area contributed by atoms with Crippen molar-refractivity contribution in [1.29, 1.82) is 0 Å². The van der Waals surface area contributed by atoms with Crippen LogP contribution in [0.2, 0.25) is 0 Å². The Balaban J connectivity index is 1.52. The molecule has 7 nitrogen and oxygen atoms in total. The number of methoxy groups -OCH3 is 1. The molecule has 43 heavy (non-hydrogen) atoms. The van der Waals surface area contributed by atoms with Gasteiger partial charge in [0.15, 0.2) is 0 Å². The van der Waals surface area contributed by atoms with Crippen molar-refractivity contribution in [3.05, 3.63) is 130 Å². The smallest absolute Gasteiger partial charge is 0.295 e. The number of rotatable bonds is 10. The van der Waals surface area contributed by atoms with Crippen LogP contribution in [0.3, 0.4) is 0 Å². The van der Waals surface area contributed by atoms with Gasteiger partial charge in [0.1, 0.15) is 29.6 Å². The van der Waals surface area contributed by atoms with Crippen LogP contribution in [0.25, 0.3) is 5.76 Å². The number of benzene rings is 4. The minimum absolute atomic E-state index is 0.0140. The first-order valence-corrected chi connectivity index (χ1v) is 14.2. The molecule has 0 aromatic heterocycles. The molecular formula is C36H35NO6. The molecule has 1 saturated heterocycles. The van der Waals surface area contributed by atoms with Crippen LogP contribution in [0, 0.1) is 6.92 Å². The summed E-state index contributed by atoms with van der Waals surface area (Å²) in [5.74, 6) is 0.223. The number of ketones is 1. The molecule has 1 fully saturated rings. The third kappa shape index (κ3) is 6.56. The SMILES string of the molecule is COc1cccc(C2/C(=C(/O)c3ccc(OCc4ccccc4)c(C)c3)C(=O)C(=O)N2Cc2cccc(OC(C)C)c2)c1. The normalized spacial score (nSPS) is 16.0. The number of Topliss-reactive ketones (excluding diaryl/α,β-unsaturated/α-hetero) is 1. The second kappa shape index (κ2) is 12.9. The molecule has 4 aromatic rings. The summed E-state index contributed by atoms with van der Waals surface area (Å²) in [5.41, 5.74) is 3.70. The molecule has 1 N–H and O–H groups in total. The highest BCUT2D eigenvalue weighted by atomic mass is 16.5. The summed E-state index contributed by atoms with van der Waals surface area (Å²) in [6.45, 7) is 6.30. The molecule has 0 spiro atoms. The van der Waals surface area contributed by atoms with Gasteiger partial charge in [0.05, 0.1) is 24.8 Å². The zero-order chi connectivity index (χ0) is 30.5. The fourth-order valence-corrected chi connectivity index (χ4v) is 5.24. The summed E-state index contributed by atoms with van der Waals surface area (Å²) in [7, 11) is 1.56. The fraction of sp³-hybridized carbons (Fsp3) is 0.222. The van der Waals surface area contributed by atoms with E-state index in [-0.39, 0.29) is 24.0 Å². The minimum Gasteiger partial charge on any atom is -0.507 e. The molecule has 1 heterocycles. The molecule has 1 aliphatic rings. The lowest BCUT2D eigenvalue weighted by molar-refractivity contribution is -0.140. The Labute approximate surface area is 252 Å². The van der Waals surface area contributed by atoms with Gasteiger partial charge in [-0.3, -0.25) is 9.59 Å². The van der Waals surface area contributed by atoms with Crippen molar-refractivity contribution in [2.75, 3.05) is 7.11 Å². The van der Waals surface area contributed by atoms with Crippen LogP contribution >= 0.6 is 0 Å². The van der Waals surface area contributed by atoms with Crippen molar-refractivity contribution in [3.8, 4) is 17.2 Å². The van der Waals surface area contributed by atoms with Crippen LogP contribution in [0.15, 0.2) is 103 Å². The molecule has 1 atom stereocenters. The van der Waals surface area contributed by atoms with Gasteiger partial charge in [-0.1, -0.05) is 54.6 Å². The van der Waals surface area contributed by atoms with Crippen LogP contribution in [0.4, 0.5) is 0 Å². The van der Waals surface area contributed by atoms with Crippen LogP contribution in [-0.4, -0.2) is 34.9 Å². The van der Waals surface area contributed by atoms with Gasteiger partial charge < -0.3 is 24.2 Å². The van der Waals surface area contributed by atoms with Crippen molar-refractivity contribution in [2.24, 2.45) is 0 Å². The maximum atomic E-state index is 13.6. The summed E-state index contributed by atoms with van der Waals surface area (Å²) in [6.07, 6.45) is -0.0140. The first-order chi connectivity index (χ1) is 20.7. The Bertz CT molecular complexity index is 1660. The number of ether oxygens (including phenoxy) is 3. The van der Waals surface area contributed by atoms with Gasteiger partial charge in [-0.25, -0.2) is 0 Å². The molecule has 7 heteroatoms. The third-order valence-corrected chi connectivity index (χ3v) is 7.26. The average Bonchev–Trinajstić information content (AvgIpc) is 3.25. The molecule has 0 saturated carbocycles. The van der Waals surface area contributed by atoms with Gasteiger partial charge >= 0.3 is 0 Å². The van der Waals surface area contributed by atoms with Crippen LogP contribution in [0.1, 0.15) is 47.7 Å². The number of carbonyl (C=O) groups excluding carboxylic acids is 2. The molecule has 0 bridgehead atoms. The molecule has 0 aliphatic carbocycles. The van der Waals surface area contributed by atoms with Crippen LogP contribution in [-0.2, 0) is 22.7 Å². The number of likely N-dealkylation sites (tertiary alicyclic amines) is 1. The van der Waals surface area contributed by atoms with Crippen LogP contribution < -0.4 is 14.2 Å². The van der Waals surface area contributed by atoms with Crippen molar-refractivity contribution >= 4 is 17.4 Å². The number of amides is 1. The van der Waals surface area contributed by atoms with E-state index in [9.17, 15) is 14.7 Å². The molecule has 0 radical (unpaired) electrons. The molecular weight excluding hydrogens is 542 g/mol. The van der Waals surface area contributed by atoms with Crippen molar-refractivity contribution in [1.82, 2.24) is 4.90 Å². The van der Waals surface area contributed by atoms with Crippen molar-refractivity contribution in [3.63, 3.8) is 0 Å². The van der Waals surface area contributed by atoms with E-state index in [1.807, 2.05) is 81.4 Å². The Morgan fingerprint density at radius 1 is 0.860 bits per heavy atom. The average molecular weight is 578 g/mol. The molecule has 220 valence electrons. The van der Waals surface area contributed by atoms with Gasteiger partial charge in [-0.05, 0) is 85.5 Å². The van der Waals surface area contributed by atoms with E-state index in [0.717, 1.165) is 16.7 Å².